The summed E-state index contributed by atoms with van der Waals surface area (Å²) in [5, 5.41) is 10.4. The Bertz CT molecular complexity index is 761. The third-order valence-corrected chi connectivity index (χ3v) is 4.43. The molecule has 0 atom stereocenters. The van der Waals surface area contributed by atoms with Gasteiger partial charge >= 0.3 is 0 Å². The van der Waals surface area contributed by atoms with Crippen LogP contribution < -0.4 is 10.3 Å². The Morgan fingerprint density at radius 3 is 2.70 bits per heavy atom. The second-order valence-electron chi connectivity index (χ2n) is 3.68. The summed E-state index contributed by atoms with van der Waals surface area (Å²) >= 11 is 1.19. The van der Waals surface area contributed by atoms with Crippen molar-refractivity contribution in [2.75, 3.05) is 0 Å². The fourth-order valence-corrected chi connectivity index (χ4v) is 2.88. The number of rotatable bonds is 4. The molecule has 8 heteroatoms. The smallest absolute Gasteiger partial charge is 0.273 e. The summed E-state index contributed by atoms with van der Waals surface area (Å²) in [6.07, 6.45) is 0. The van der Waals surface area contributed by atoms with Crippen LogP contribution in [0, 0.1) is 11.3 Å². The van der Waals surface area contributed by atoms with Gasteiger partial charge in [0, 0.05) is 0 Å². The number of carbonyl (C=O) groups excluding carboxylic acids is 1. The highest BCUT2D eigenvalue weighted by Gasteiger charge is 2.16. The molecule has 0 bridgehead atoms. The predicted molar refractivity (Wildman–Crippen MR) is 73.3 cm³/mol. The summed E-state index contributed by atoms with van der Waals surface area (Å²) in [4.78, 5) is 13.9. The zero-order chi connectivity index (χ0) is 14.6. The topological polar surface area (TPSA) is 99.1 Å². The van der Waals surface area contributed by atoms with E-state index in [2.05, 4.69) is 5.43 Å². The van der Waals surface area contributed by atoms with Crippen molar-refractivity contribution in [3.8, 4) is 6.07 Å². The van der Waals surface area contributed by atoms with Gasteiger partial charge in [-0.2, -0.15) is 5.26 Å². The molecule has 0 saturated heterocycles. The van der Waals surface area contributed by atoms with Crippen LogP contribution in [0.1, 0.15) is 15.2 Å². The molecular formula is C12H9N3O3S2. The zero-order valence-corrected chi connectivity index (χ0v) is 11.7. The third-order valence-electron chi connectivity index (χ3n) is 2.32. The Balaban J connectivity index is 2.12. The number of hydrogen-bond acceptors (Lipinski definition) is 5. The number of nitrogens with zero attached hydrogens (tertiary/aromatic N) is 1. The fraction of sp³-hybridized carbons (Fsp3) is 0. The van der Waals surface area contributed by atoms with Gasteiger partial charge in [0.25, 0.3) is 15.9 Å². The lowest BCUT2D eigenvalue weighted by atomic mass is 10.2. The molecule has 102 valence electrons. The predicted octanol–water partition coefficient (Wildman–Crippen LogP) is 1.24. The average molecular weight is 307 g/mol. The van der Waals surface area contributed by atoms with Gasteiger partial charge in [0.1, 0.15) is 0 Å². The van der Waals surface area contributed by atoms with Gasteiger partial charge in [0.2, 0.25) is 0 Å². The van der Waals surface area contributed by atoms with Gasteiger partial charge in [-0.05, 0) is 29.6 Å². The summed E-state index contributed by atoms with van der Waals surface area (Å²) in [6.45, 7) is 0. The average Bonchev–Trinajstić information content (AvgIpc) is 2.99. The van der Waals surface area contributed by atoms with E-state index >= 15 is 0 Å². The summed E-state index contributed by atoms with van der Waals surface area (Å²) in [5.41, 5.74) is 2.33. The fourth-order valence-electron chi connectivity index (χ4n) is 1.37. The molecule has 0 saturated carbocycles. The van der Waals surface area contributed by atoms with E-state index in [1.807, 2.05) is 10.9 Å². The molecule has 2 rings (SSSR count). The Morgan fingerprint density at radius 2 is 2.05 bits per heavy atom. The van der Waals surface area contributed by atoms with E-state index in [-0.39, 0.29) is 10.5 Å². The minimum atomic E-state index is -3.91. The third kappa shape index (κ3) is 3.21. The van der Waals surface area contributed by atoms with Crippen LogP contribution in [0.4, 0.5) is 0 Å². The van der Waals surface area contributed by atoms with E-state index < -0.39 is 15.9 Å². The molecule has 0 aliphatic rings. The first-order chi connectivity index (χ1) is 9.53. The van der Waals surface area contributed by atoms with Crippen molar-refractivity contribution in [2.45, 2.75) is 4.90 Å². The summed E-state index contributed by atoms with van der Waals surface area (Å²) in [7, 11) is -3.91. The summed E-state index contributed by atoms with van der Waals surface area (Å²) < 4.78 is 23.9. The molecule has 0 unspecified atom stereocenters. The Kier molecular flexibility index (Phi) is 4.14. The highest BCUT2D eigenvalue weighted by Crippen LogP contribution is 2.11. The lowest BCUT2D eigenvalue weighted by Gasteiger charge is -2.07. The molecule has 1 amide bonds. The number of amides is 1. The second-order valence-corrected chi connectivity index (χ2v) is 6.31. The van der Waals surface area contributed by atoms with E-state index in [4.69, 9.17) is 5.26 Å². The SMILES string of the molecule is N#Cc1cccc(S(=O)(=O)NNC(=O)c2cccs2)c1. The first-order valence-corrected chi connectivity index (χ1v) is 7.75. The van der Waals surface area contributed by atoms with Crippen LogP contribution in [-0.2, 0) is 10.0 Å². The highest BCUT2D eigenvalue weighted by molar-refractivity contribution is 7.89. The van der Waals surface area contributed by atoms with Crippen molar-refractivity contribution in [1.82, 2.24) is 10.3 Å². The van der Waals surface area contributed by atoms with Gasteiger partial charge < -0.3 is 0 Å². The molecule has 0 radical (unpaired) electrons. The van der Waals surface area contributed by atoms with E-state index in [0.29, 0.717) is 4.88 Å². The lowest BCUT2D eigenvalue weighted by Crippen LogP contribution is -2.41. The maximum atomic E-state index is 11.9. The highest BCUT2D eigenvalue weighted by atomic mass is 32.2. The Morgan fingerprint density at radius 1 is 1.25 bits per heavy atom. The maximum absolute atomic E-state index is 11.9. The van der Waals surface area contributed by atoms with Crippen LogP contribution in [0.25, 0.3) is 0 Å². The monoisotopic (exact) mass is 307 g/mol. The Hall–Kier alpha value is -2.21. The molecule has 6 nitrogen and oxygen atoms in total. The number of benzene rings is 1. The van der Waals surface area contributed by atoms with Crippen LogP contribution in [0.15, 0.2) is 46.7 Å². The van der Waals surface area contributed by atoms with Gasteiger partial charge in [-0.1, -0.05) is 12.1 Å². The van der Waals surface area contributed by atoms with Crippen molar-refractivity contribution in [2.24, 2.45) is 0 Å². The van der Waals surface area contributed by atoms with Gasteiger partial charge in [-0.3, -0.25) is 10.2 Å². The van der Waals surface area contributed by atoms with Gasteiger partial charge in [0.05, 0.1) is 21.4 Å². The van der Waals surface area contributed by atoms with Crippen molar-refractivity contribution < 1.29 is 13.2 Å². The zero-order valence-electron chi connectivity index (χ0n) is 10.0. The molecule has 0 fully saturated rings. The van der Waals surface area contributed by atoms with Gasteiger partial charge in [-0.25, -0.2) is 8.42 Å². The first-order valence-electron chi connectivity index (χ1n) is 5.39. The maximum Gasteiger partial charge on any atom is 0.276 e. The number of sulfonamides is 1. The Labute approximate surface area is 119 Å². The molecule has 1 aromatic heterocycles. The normalized spacial score (nSPS) is 10.8. The van der Waals surface area contributed by atoms with E-state index in [0.717, 1.165) is 0 Å². The van der Waals surface area contributed by atoms with E-state index in [1.165, 1.54) is 35.6 Å². The molecule has 20 heavy (non-hydrogen) atoms. The minimum Gasteiger partial charge on any atom is -0.273 e. The van der Waals surface area contributed by atoms with E-state index in [9.17, 15) is 13.2 Å². The van der Waals surface area contributed by atoms with Crippen molar-refractivity contribution in [3.63, 3.8) is 0 Å². The largest absolute Gasteiger partial charge is 0.276 e. The van der Waals surface area contributed by atoms with Gasteiger partial charge in [-0.15, -0.1) is 16.2 Å². The van der Waals surface area contributed by atoms with Crippen LogP contribution in [0.3, 0.4) is 0 Å². The summed E-state index contributed by atoms with van der Waals surface area (Å²) in [5.74, 6) is -0.542. The van der Waals surface area contributed by atoms with Crippen LogP contribution in [0.2, 0.25) is 0 Å². The number of hydrazine groups is 1. The number of thiophene rings is 1. The number of nitriles is 1. The first kappa shape index (κ1) is 14.2. The molecule has 0 spiro atoms. The summed E-state index contributed by atoms with van der Waals surface area (Å²) in [6, 6.07) is 10.6. The molecular weight excluding hydrogens is 298 g/mol. The second kappa shape index (κ2) is 5.83. The van der Waals surface area contributed by atoms with Crippen molar-refractivity contribution in [3.05, 3.63) is 52.2 Å². The van der Waals surface area contributed by atoms with Gasteiger partial charge in [0.15, 0.2) is 0 Å². The quantitative estimate of drug-likeness (QED) is 0.830. The number of nitrogens with one attached hydrogen (secondary N) is 2. The van der Waals surface area contributed by atoms with Crippen LogP contribution in [0.5, 0.6) is 0 Å². The van der Waals surface area contributed by atoms with Crippen molar-refractivity contribution in [1.29, 1.82) is 5.26 Å². The number of carbonyl (C=O) groups is 1. The van der Waals surface area contributed by atoms with Crippen molar-refractivity contribution >= 4 is 27.3 Å². The molecule has 1 heterocycles. The van der Waals surface area contributed by atoms with E-state index in [1.54, 1.807) is 17.5 Å². The number of hydrogen-bond donors (Lipinski definition) is 2. The van der Waals surface area contributed by atoms with Crippen LogP contribution >= 0.6 is 11.3 Å². The molecule has 0 aliphatic heterocycles. The molecule has 0 aliphatic carbocycles. The molecule has 1 aromatic carbocycles. The standard InChI is InChI=1S/C12H9N3O3S2/c13-8-9-3-1-4-10(7-9)20(17,18)15-14-12(16)11-5-2-6-19-11/h1-7,15H,(H,14,16). The van der Waals surface area contributed by atoms with Crippen LogP contribution in [-0.4, -0.2) is 14.3 Å². The lowest BCUT2D eigenvalue weighted by molar-refractivity contribution is 0.0949. The molecule has 2 aromatic rings. The molecule has 2 N–H and O–H groups in total. The minimum absolute atomic E-state index is 0.0944.